The molecule has 0 saturated carbocycles. The number of rotatable bonds is 47. The van der Waals surface area contributed by atoms with Gasteiger partial charge in [-0.3, -0.25) is 4.79 Å². The number of carbonyl (C=O) groups excluding carboxylic acids is 1. The Morgan fingerprint density at radius 3 is 1.38 bits per heavy atom. The Hall–Kier alpha value is -1.79. The van der Waals surface area contributed by atoms with E-state index in [0.29, 0.717) is 19.3 Å². The quantitative estimate of drug-likeness (QED) is 0.0205. The average Bonchev–Trinajstić information content (AvgIpc) is 3.39. The monoisotopic (exact) mass is 1040 g/mol. The highest BCUT2D eigenvalue weighted by Gasteiger charge is 2.51. The lowest BCUT2D eigenvalue weighted by Gasteiger charge is -2.46. The van der Waals surface area contributed by atoms with Crippen molar-refractivity contribution in [2.24, 2.45) is 0 Å². The van der Waals surface area contributed by atoms with Crippen LogP contribution in [0.5, 0.6) is 0 Å². The van der Waals surface area contributed by atoms with Gasteiger partial charge in [0.05, 0.1) is 32.0 Å². The van der Waals surface area contributed by atoms with Crippen LogP contribution < -0.4 is 5.32 Å². The number of aliphatic hydroxyl groups is 8. The lowest BCUT2D eigenvalue weighted by molar-refractivity contribution is -0.359. The molecule has 2 saturated heterocycles. The fourth-order valence-electron chi connectivity index (χ4n) is 9.77. The third-order valence-corrected chi connectivity index (χ3v) is 14.6. The lowest BCUT2D eigenvalue weighted by Crippen LogP contribution is -2.65. The second-order valence-electron chi connectivity index (χ2n) is 21.1. The zero-order chi connectivity index (χ0) is 53.2. The van der Waals surface area contributed by atoms with Crippen LogP contribution in [0.3, 0.4) is 0 Å². The molecule has 12 unspecified atom stereocenters. The molecule has 0 spiro atoms. The Balaban J connectivity index is 1.76. The van der Waals surface area contributed by atoms with E-state index in [1.54, 1.807) is 0 Å². The topological polar surface area (TPSA) is 228 Å². The fraction of sp³-hybridized carbons (Fsp3) is 0.881. The first-order valence-corrected chi connectivity index (χ1v) is 29.7. The number of unbranched alkanes of at least 4 members (excludes halogenated alkanes) is 28. The molecule has 0 aromatic rings. The van der Waals surface area contributed by atoms with Crippen LogP contribution in [0.4, 0.5) is 0 Å². The van der Waals surface area contributed by atoms with Gasteiger partial charge in [-0.1, -0.05) is 217 Å². The summed E-state index contributed by atoms with van der Waals surface area (Å²) < 4.78 is 22.8. The first-order valence-electron chi connectivity index (χ1n) is 29.7. The summed E-state index contributed by atoms with van der Waals surface area (Å²) in [4.78, 5) is 13.3. The minimum absolute atomic E-state index is 0.213. The van der Waals surface area contributed by atoms with Gasteiger partial charge in [0.2, 0.25) is 5.91 Å². The van der Waals surface area contributed by atoms with Crippen molar-refractivity contribution >= 4 is 5.91 Å². The first-order chi connectivity index (χ1) is 35.6. The molecule has 2 aliphatic heterocycles. The molecule has 12 atom stereocenters. The maximum Gasteiger partial charge on any atom is 0.220 e. The van der Waals surface area contributed by atoms with E-state index in [0.717, 1.165) is 64.2 Å². The predicted molar refractivity (Wildman–Crippen MR) is 291 cm³/mol. The number of hydrogen-bond donors (Lipinski definition) is 9. The van der Waals surface area contributed by atoms with Crippen molar-refractivity contribution < 1.29 is 64.6 Å². The van der Waals surface area contributed by atoms with Gasteiger partial charge in [0.15, 0.2) is 12.6 Å². The minimum atomic E-state index is -1.78. The number of aliphatic hydroxyl groups excluding tert-OH is 8. The molecule has 0 radical (unpaired) electrons. The zero-order valence-corrected chi connectivity index (χ0v) is 45.9. The molecule has 0 bridgehead atoms. The molecule has 2 fully saturated rings. The molecular weight excluding hydrogens is 931 g/mol. The van der Waals surface area contributed by atoms with Crippen LogP contribution in [-0.4, -0.2) is 140 Å². The van der Waals surface area contributed by atoms with E-state index in [1.807, 2.05) is 0 Å². The van der Waals surface area contributed by atoms with Gasteiger partial charge in [-0.2, -0.15) is 0 Å². The second kappa shape index (κ2) is 45.3. The highest BCUT2D eigenvalue weighted by atomic mass is 16.7. The molecule has 0 aliphatic carbocycles. The molecule has 428 valence electrons. The Bertz CT molecular complexity index is 1370. The number of allylic oxidation sites excluding steroid dienone is 6. The van der Waals surface area contributed by atoms with Gasteiger partial charge in [-0.25, -0.2) is 0 Å². The van der Waals surface area contributed by atoms with E-state index in [4.69, 9.17) is 18.9 Å². The van der Waals surface area contributed by atoms with E-state index in [2.05, 4.69) is 55.6 Å². The third kappa shape index (κ3) is 31.3. The molecule has 0 aromatic heterocycles. The van der Waals surface area contributed by atoms with Gasteiger partial charge in [-0.05, 0) is 51.4 Å². The second-order valence-corrected chi connectivity index (χ2v) is 21.1. The van der Waals surface area contributed by atoms with Crippen molar-refractivity contribution in [1.82, 2.24) is 5.32 Å². The summed E-state index contributed by atoms with van der Waals surface area (Å²) in [6.07, 6.45) is 37.0. The summed E-state index contributed by atoms with van der Waals surface area (Å²) in [6.45, 7) is 2.85. The van der Waals surface area contributed by atoms with E-state index < -0.39 is 86.8 Å². The molecule has 73 heavy (non-hydrogen) atoms. The van der Waals surface area contributed by atoms with Crippen LogP contribution in [0.2, 0.25) is 0 Å². The predicted octanol–water partition coefficient (Wildman–Crippen LogP) is 9.83. The van der Waals surface area contributed by atoms with Crippen LogP contribution >= 0.6 is 0 Å². The standard InChI is InChI=1S/C59H109NO13/c1-3-5-7-9-11-13-15-17-19-21-22-23-24-25-26-27-29-31-33-35-37-39-41-43-51(64)60-47(48(63)42-40-38-36-34-32-30-28-20-18-16-14-12-10-8-6-4-2)46-70-58-56(69)54(67)57(50(45-62)72-58)73-59-55(68)53(66)52(65)49(44-61)71-59/h15,17,21-22,24-25,47-50,52-59,61-63,65-69H,3-14,16,18-20,23,26-46H2,1-2H3,(H,60,64)/b17-15-,22-21-,25-24-. The summed E-state index contributed by atoms with van der Waals surface area (Å²) in [5.74, 6) is -0.213. The van der Waals surface area contributed by atoms with Crippen LogP contribution in [0.25, 0.3) is 0 Å². The van der Waals surface area contributed by atoms with E-state index in [9.17, 15) is 45.6 Å². The summed E-state index contributed by atoms with van der Waals surface area (Å²) in [5.41, 5.74) is 0. The normalized spacial score (nSPS) is 25.6. The Labute approximate surface area is 442 Å². The van der Waals surface area contributed by atoms with Crippen LogP contribution in [-0.2, 0) is 23.7 Å². The highest BCUT2D eigenvalue weighted by Crippen LogP contribution is 2.30. The van der Waals surface area contributed by atoms with Crippen LogP contribution in [0.1, 0.15) is 239 Å². The fourth-order valence-corrected chi connectivity index (χ4v) is 9.77. The van der Waals surface area contributed by atoms with Crippen molar-refractivity contribution in [2.45, 2.75) is 312 Å². The number of carbonyl (C=O) groups is 1. The molecule has 1 amide bonds. The maximum absolute atomic E-state index is 13.3. The van der Waals surface area contributed by atoms with Gasteiger partial charge in [0, 0.05) is 6.42 Å². The summed E-state index contributed by atoms with van der Waals surface area (Å²) >= 11 is 0. The number of ether oxygens (including phenoxy) is 4. The Morgan fingerprint density at radius 2 is 0.904 bits per heavy atom. The molecule has 2 heterocycles. The molecule has 0 aromatic carbocycles. The van der Waals surface area contributed by atoms with Crippen molar-refractivity contribution in [3.05, 3.63) is 36.5 Å². The average molecular weight is 1040 g/mol. The van der Waals surface area contributed by atoms with Gasteiger partial charge in [0.25, 0.3) is 0 Å². The van der Waals surface area contributed by atoms with Crippen LogP contribution in [0, 0.1) is 0 Å². The van der Waals surface area contributed by atoms with Crippen molar-refractivity contribution in [1.29, 1.82) is 0 Å². The van der Waals surface area contributed by atoms with Gasteiger partial charge < -0.3 is 65.1 Å². The minimum Gasteiger partial charge on any atom is -0.394 e. The van der Waals surface area contributed by atoms with Crippen molar-refractivity contribution in [3.8, 4) is 0 Å². The largest absolute Gasteiger partial charge is 0.394 e. The van der Waals surface area contributed by atoms with Gasteiger partial charge in [-0.15, -0.1) is 0 Å². The molecule has 2 rings (SSSR count). The van der Waals surface area contributed by atoms with Crippen molar-refractivity contribution in [3.63, 3.8) is 0 Å². The summed E-state index contributed by atoms with van der Waals surface area (Å²) in [7, 11) is 0. The Kier molecular flexibility index (Phi) is 41.7. The van der Waals surface area contributed by atoms with Gasteiger partial charge >= 0.3 is 0 Å². The maximum atomic E-state index is 13.3. The van der Waals surface area contributed by atoms with E-state index in [-0.39, 0.29) is 12.5 Å². The molecule has 14 heteroatoms. The summed E-state index contributed by atoms with van der Waals surface area (Å²) in [5, 5.41) is 87.2. The van der Waals surface area contributed by atoms with Crippen molar-refractivity contribution in [2.75, 3.05) is 19.8 Å². The lowest BCUT2D eigenvalue weighted by atomic mass is 9.97. The Morgan fingerprint density at radius 1 is 0.493 bits per heavy atom. The third-order valence-electron chi connectivity index (χ3n) is 14.6. The zero-order valence-electron chi connectivity index (χ0n) is 45.9. The first kappa shape index (κ1) is 67.3. The van der Waals surface area contributed by atoms with E-state index in [1.165, 1.54) is 141 Å². The molecule has 2 aliphatic rings. The molecule has 9 N–H and O–H groups in total. The number of amides is 1. The summed E-state index contributed by atoms with van der Waals surface area (Å²) in [6, 6.07) is -0.833. The molecule has 14 nitrogen and oxygen atoms in total. The molecular formula is C59H109NO13. The van der Waals surface area contributed by atoms with Gasteiger partial charge in [0.1, 0.15) is 48.8 Å². The number of hydrogen-bond acceptors (Lipinski definition) is 13. The van der Waals surface area contributed by atoms with Crippen LogP contribution in [0.15, 0.2) is 36.5 Å². The van der Waals surface area contributed by atoms with E-state index >= 15 is 0 Å². The smallest absolute Gasteiger partial charge is 0.220 e. The SMILES string of the molecule is CCCCCCC/C=C\C/C=C\C/C=C\CCCCCCCCCCC(=O)NC(COC1OC(CO)C(OC2OC(CO)C(O)C(O)C2O)C(O)C1O)C(O)CCCCCCCCCCCCCCCCCC. The highest BCUT2D eigenvalue weighted by molar-refractivity contribution is 5.76. The number of nitrogens with one attached hydrogen (secondary N) is 1.